The molecule has 2 aromatic rings. The second kappa shape index (κ2) is 5.60. The van der Waals surface area contributed by atoms with Crippen molar-refractivity contribution < 1.29 is 9.90 Å². The minimum Gasteiger partial charge on any atom is -0.481 e. The molecule has 0 unspecified atom stereocenters. The van der Waals surface area contributed by atoms with Gasteiger partial charge in [0.2, 0.25) is 0 Å². The van der Waals surface area contributed by atoms with Gasteiger partial charge in [-0.1, -0.05) is 0 Å². The van der Waals surface area contributed by atoms with Crippen molar-refractivity contribution in [2.75, 3.05) is 0 Å². The Morgan fingerprint density at radius 2 is 2.14 bits per heavy atom. The summed E-state index contributed by atoms with van der Waals surface area (Å²) in [4.78, 5) is 30.2. The van der Waals surface area contributed by atoms with E-state index in [-0.39, 0.29) is 12.0 Å². The number of carbonyl (C=O) groups is 1. The monoisotopic (exact) mass is 306 g/mol. The lowest BCUT2D eigenvalue weighted by Crippen LogP contribution is -2.25. The summed E-state index contributed by atoms with van der Waals surface area (Å²) in [5, 5.41) is 9.61. The van der Waals surface area contributed by atoms with E-state index in [4.69, 9.17) is 5.11 Å². The van der Waals surface area contributed by atoms with Gasteiger partial charge in [-0.2, -0.15) is 0 Å². The molecule has 0 bridgehead atoms. The van der Waals surface area contributed by atoms with Gasteiger partial charge >= 0.3 is 5.97 Å². The van der Waals surface area contributed by atoms with Gasteiger partial charge in [0.1, 0.15) is 10.7 Å². The predicted molar refractivity (Wildman–Crippen MR) is 82.2 cm³/mol. The molecule has 1 N–H and O–H groups in total. The maximum Gasteiger partial charge on any atom is 0.303 e. The molecule has 6 heteroatoms. The number of aliphatic carboxylic acids is 1. The molecule has 2 heterocycles. The van der Waals surface area contributed by atoms with Crippen LogP contribution in [-0.2, 0) is 30.6 Å². The number of aromatic nitrogens is 2. The standard InChI is InChI=1S/C15H18N2O3S/c1-2-17-11(7-8-12(18)19)16-14-13(15(17)20)9-5-3-4-6-10(9)21-14/h2-8H2,1H3,(H,18,19). The highest BCUT2D eigenvalue weighted by Crippen LogP contribution is 2.33. The highest BCUT2D eigenvalue weighted by molar-refractivity contribution is 7.18. The fourth-order valence-electron chi connectivity index (χ4n) is 3.02. The summed E-state index contributed by atoms with van der Waals surface area (Å²) in [5.41, 5.74) is 1.19. The SMILES string of the molecule is CCn1c(CCC(=O)O)nc2sc3c(c2c1=O)CCCC3. The van der Waals surface area contributed by atoms with Gasteiger partial charge in [-0.15, -0.1) is 11.3 Å². The molecule has 0 aliphatic heterocycles. The van der Waals surface area contributed by atoms with Crippen LogP contribution < -0.4 is 5.56 Å². The van der Waals surface area contributed by atoms with Gasteiger partial charge in [-0.25, -0.2) is 4.98 Å². The topological polar surface area (TPSA) is 72.2 Å². The van der Waals surface area contributed by atoms with Gasteiger partial charge < -0.3 is 5.11 Å². The van der Waals surface area contributed by atoms with Gasteiger partial charge in [-0.05, 0) is 38.2 Å². The molecule has 0 atom stereocenters. The number of thiophene rings is 1. The number of rotatable bonds is 4. The van der Waals surface area contributed by atoms with Gasteiger partial charge in [0, 0.05) is 17.8 Å². The molecule has 0 saturated carbocycles. The third-order valence-corrected chi connectivity index (χ3v) is 5.22. The zero-order valence-electron chi connectivity index (χ0n) is 12.0. The van der Waals surface area contributed by atoms with E-state index >= 15 is 0 Å². The molecule has 21 heavy (non-hydrogen) atoms. The molecule has 0 fully saturated rings. The zero-order valence-corrected chi connectivity index (χ0v) is 12.8. The first-order valence-electron chi connectivity index (χ1n) is 7.37. The van der Waals surface area contributed by atoms with E-state index in [1.807, 2.05) is 6.92 Å². The van der Waals surface area contributed by atoms with Crippen molar-refractivity contribution in [2.24, 2.45) is 0 Å². The summed E-state index contributed by atoms with van der Waals surface area (Å²) in [6.45, 7) is 2.43. The summed E-state index contributed by atoms with van der Waals surface area (Å²) in [6.07, 6.45) is 4.61. The largest absolute Gasteiger partial charge is 0.481 e. The van der Waals surface area contributed by atoms with Crippen LogP contribution in [0.25, 0.3) is 10.2 Å². The van der Waals surface area contributed by atoms with Gasteiger partial charge in [0.05, 0.1) is 11.8 Å². The molecular weight excluding hydrogens is 288 g/mol. The Hall–Kier alpha value is -1.69. The van der Waals surface area contributed by atoms with E-state index < -0.39 is 5.97 Å². The molecule has 5 nitrogen and oxygen atoms in total. The smallest absolute Gasteiger partial charge is 0.303 e. The molecule has 3 rings (SSSR count). The van der Waals surface area contributed by atoms with Crippen LogP contribution in [0.15, 0.2) is 4.79 Å². The Morgan fingerprint density at radius 1 is 1.38 bits per heavy atom. The summed E-state index contributed by atoms with van der Waals surface area (Å²) in [7, 11) is 0. The number of fused-ring (bicyclic) bond motifs is 3. The number of hydrogen-bond acceptors (Lipinski definition) is 4. The van der Waals surface area contributed by atoms with Crippen molar-refractivity contribution in [2.45, 2.75) is 52.0 Å². The van der Waals surface area contributed by atoms with Crippen LogP contribution in [0.2, 0.25) is 0 Å². The molecule has 0 spiro atoms. The Balaban J connectivity index is 2.17. The zero-order chi connectivity index (χ0) is 15.0. The summed E-state index contributed by atoms with van der Waals surface area (Å²) in [5.74, 6) is -0.270. The Morgan fingerprint density at radius 3 is 2.86 bits per heavy atom. The first-order valence-corrected chi connectivity index (χ1v) is 8.19. The van der Waals surface area contributed by atoms with E-state index in [0.717, 1.165) is 29.5 Å². The molecule has 112 valence electrons. The minimum absolute atomic E-state index is 0.00212. The molecule has 2 aromatic heterocycles. The summed E-state index contributed by atoms with van der Waals surface area (Å²) in [6, 6.07) is 0. The molecule has 0 radical (unpaired) electrons. The molecule has 0 saturated heterocycles. The minimum atomic E-state index is -0.863. The Bertz CT molecular complexity index is 760. The summed E-state index contributed by atoms with van der Waals surface area (Å²) >= 11 is 1.61. The highest BCUT2D eigenvalue weighted by Gasteiger charge is 2.21. The van der Waals surface area contributed by atoms with Crippen molar-refractivity contribution in [3.05, 3.63) is 26.6 Å². The van der Waals surface area contributed by atoms with Crippen molar-refractivity contribution in [3.63, 3.8) is 0 Å². The number of hydrogen-bond donors (Lipinski definition) is 1. The van der Waals surface area contributed by atoms with Crippen LogP contribution in [0, 0.1) is 0 Å². The number of carboxylic acid groups (broad SMARTS) is 1. The maximum atomic E-state index is 12.7. The second-order valence-corrected chi connectivity index (χ2v) is 6.45. The maximum absolute atomic E-state index is 12.7. The number of nitrogens with zero attached hydrogens (tertiary/aromatic N) is 2. The number of carboxylic acids is 1. The van der Waals surface area contributed by atoms with Crippen molar-refractivity contribution in [3.8, 4) is 0 Å². The molecule has 0 amide bonds. The van der Waals surface area contributed by atoms with E-state index in [1.54, 1.807) is 15.9 Å². The van der Waals surface area contributed by atoms with Crippen LogP contribution in [0.4, 0.5) is 0 Å². The van der Waals surface area contributed by atoms with Crippen LogP contribution in [0.1, 0.15) is 42.5 Å². The lowest BCUT2D eigenvalue weighted by molar-refractivity contribution is -0.137. The lowest BCUT2D eigenvalue weighted by atomic mass is 9.97. The molecular formula is C15H18N2O3S. The molecule has 1 aliphatic carbocycles. The number of aryl methyl sites for hydroxylation is 3. The van der Waals surface area contributed by atoms with E-state index in [1.165, 1.54) is 16.9 Å². The van der Waals surface area contributed by atoms with Gasteiger partial charge in [0.15, 0.2) is 0 Å². The first-order chi connectivity index (χ1) is 10.1. The van der Waals surface area contributed by atoms with Crippen LogP contribution in [0.5, 0.6) is 0 Å². The summed E-state index contributed by atoms with van der Waals surface area (Å²) < 4.78 is 1.63. The van der Waals surface area contributed by atoms with E-state index in [9.17, 15) is 9.59 Å². The molecule has 0 aromatic carbocycles. The lowest BCUT2D eigenvalue weighted by Gasteiger charge is -2.12. The Kier molecular flexibility index (Phi) is 3.80. The average molecular weight is 306 g/mol. The third-order valence-electron chi connectivity index (χ3n) is 4.03. The van der Waals surface area contributed by atoms with Gasteiger partial charge in [0.25, 0.3) is 5.56 Å². The fourth-order valence-corrected chi connectivity index (χ4v) is 4.29. The quantitative estimate of drug-likeness (QED) is 0.941. The van der Waals surface area contributed by atoms with Crippen LogP contribution >= 0.6 is 11.3 Å². The molecule has 1 aliphatic rings. The second-order valence-electron chi connectivity index (χ2n) is 5.36. The van der Waals surface area contributed by atoms with E-state index in [2.05, 4.69) is 4.98 Å². The van der Waals surface area contributed by atoms with Crippen molar-refractivity contribution >= 4 is 27.5 Å². The van der Waals surface area contributed by atoms with Gasteiger partial charge in [-0.3, -0.25) is 14.2 Å². The van der Waals surface area contributed by atoms with Crippen LogP contribution in [-0.4, -0.2) is 20.6 Å². The highest BCUT2D eigenvalue weighted by atomic mass is 32.1. The van der Waals surface area contributed by atoms with E-state index in [0.29, 0.717) is 18.8 Å². The predicted octanol–water partition coefficient (Wildman–Crippen LogP) is 2.37. The first kappa shape index (κ1) is 14.3. The third kappa shape index (κ3) is 2.48. The van der Waals surface area contributed by atoms with Crippen LogP contribution in [0.3, 0.4) is 0 Å². The van der Waals surface area contributed by atoms with Crippen molar-refractivity contribution in [1.29, 1.82) is 0 Å². The normalized spacial score (nSPS) is 14.3. The van der Waals surface area contributed by atoms with Crippen molar-refractivity contribution in [1.82, 2.24) is 9.55 Å². The Labute approximate surface area is 126 Å². The fraction of sp³-hybridized carbons (Fsp3) is 0.533. The average Bonchev–Trinajstić information content (AvgIpc) is 2.83.